The van der Waals surface area contributed by atoms with Gasteiger partial charge in [-0.05, 0) is 74.1 Å². The van der Waals surface area contributed by atoms with Crippen molar-refractivity contribution in [2.24, 2.45) is 5.92 Å². The van der Waals surface area contributed by atoms with Crippen LogP contribution in [0.15, 0.2) is 24.3 Å². The highest BCUT2D eigenvalue weighted by Gasteiger charge is 2.33. The standard InChI is InChI=1S/C25H32N2O3/c1-15-5-11-20(12-6-15)30-25(29)24-16(2)23-21(26-24)13-18(14-22(23)28)17-7-9-19(10-8-17)27(3)4/h7-10,15,18,20,26H,5-6,11-14H2,1-4H3/t15?,18-,20?/m1/s1. The molecule has 1 aromatic carbocycles. The van der Waals surface area contributed by atoms with Crippen LogP contribution in [0.5, 0.6) is 0 Å². The largest absolute Gasteiger partial charge is 0.458 e. The molecule has 30 heavy (non-hydrogen) atoms. The van der Waals surface area contributed by atoms with Gasteiger partial charge in [-0.2, -0.15) is 0 Å². The fourth-order valence-corrected chi connectivity index (χ4v) is 4.88. The van der Waals surface area contributed by atoms with Crippen LogP contribution < -0.4 is 4.90 Å². The van der Waals surface area contributed by atoms with Gasteiger partial charge in [-0.1, -0.05) is 19.1 Å². The van der Waals surface area contributed by atoms with Crippen molar-refractivity contribution < 1.29 is 14.3 Å². The number of ether oxygens (including phenoxy) is 1. The zero-order valence-corrected chi connectivity index (χ0v) is 18.5. The van der Waals surface area contributed by atoms with Crippen molar-refractivity contribution >= 4 is 17.4 Å². The summed E-state index contributed by atoms with van der Waals surface area (Å²) in [4.78, 5) is 31.1. The number of hydrogen-bond donors (Lipinski definition) is 1. The molecule has 1 heterocycles. The molecule has 0 radical (unpaired) electrons. The van der Waals surface area contributed by atoms with Crippen LogP contribution >= 0.6 is 0 Å². The average Bonchev–Trinajstić information content (AvgIpc) is 3.07. The topological polar surface area (TPSA) is 62.4 Å². The lowest BCUT2D eigenvalue weighted by Crippen LogP contribution is -2.24. The number of hydrogen-bond acceptors (Lipinski definition) is 4. The van der Waals surface area contributed by atoms with E-state index in [-0.39, 0.29) is 23.8 Å². The number of aromatic nitrogens is 1. The number of fused-ring (bicyclic) bond motifs is 1. The van der Waals surface area contributed by atoms with Gasteiger partial charge in [-0.15, -0.1) is 0 Å². The van der Waals surface area contributed by atoms with E-state index in [4.69, 9.17) is 4.74 Å². The molecule has 1 N–H and O–H groups in total. The molecule has 2 aromatic rings. The molecule has 0 bridgehead atoms. The number of H-pyrrole nitrogens is 1. The average molecular weight is 409 g/mol. The molecule has 0 saturated heterocycles. The van der Waals surface area contributed by atoms with Gasteiger partial charge in [0.05, 0.1) is 0 Å². The molecule has 4 rings (SSSR count). The number of Topliss-reactive ketones (excluding diaryl/α,β-unsaturated/α-hetero) is 1. The van der Waals surface area contributed by atoms with E-state index < -0.39 is 0 Å². The lowest BCUT2D eigenvalue weighted by molar-refractivity contribution is 0.0167. The van der Waals surface area contributed by atoms with Crippen LogP contribution in [0.2, 0.25) is 0 Å². The second kappa shape index (κ2) is 8.29. The van der Waals surface area contributed by atoms with Crippen molar-refractivity contribution in [3.8, 4) is 0 Å². The predicted molar refractivity (Wildman–Crippen MR) is 119 cm³/mol. The molecule has 2 aliphatic rings. The zero-order valence-electron chi connectivity index (χ0n) is 18.5. The summed E-state index contributed by atoms with van der Waals surface area (Å²) >= 11 is 0. The minimum atomic E-state index is -0.318. The normalized spacial score (nSPS) is 23.7. The maximum Gasteiger partial charge on any atom is 0.355 e. The Hall–Kier alpha value is -2.56. The summed E-state index contributed by atoms with van der Waals surface area (Å²) in [5, 5.41) is 0. The lowest BCUT2D eigenvalue weighted by atomic mass is 9.81. The molecule has 0 amide bonds. The molecule has 5 nitrogen and oxygen atoms in total. The number of rotatable bonds is 4. The summed E-state index contributed by atoms with van der Waals surface area (Å²) in [5.74, 6) is 0.627. The minimum absolute atomic E-state index is 0.00732. The van der Waals surface area contributed by atoms with Gasteiger partial charge in [0.2, 0.25) is 0 Å². The quantitative estimate of drug-likeness (QED) is 0.720. The molecular weight excluding hydrogens is 376 g/mol. The van der Waals surface area contributed by atoms with E-state index in [1.165, 1.54) is 0 Å². The Morgan fingerprint density at radius 1 is 1.07 bits per heavy atom. The first-order chi connectivity index (χ1) is 14.3. The maximum absolute atomic E-state index is 12.9. The highest BCUT2D eigenvalue weighted by molar-refractivity contribution is 6.03. The Labute approximate surface area is 178 Å². The Morgan fingerprint density at radius 2 is 1.73 bits per heavy atom. The predicted octanol–water partition coefficient (Wildman–Crippen LogP) is 5.04. The van der Waals surface area contributed by atoms with Crippen molar-refractivity contribution in [3.63, 3.8) is 0 Å². The molecule has 160 valence electrons. The molecule has 1 atom stereocenters. The van der Waals surface area contributed by atoms with Gasteiger partial charge >= 0.3 is 5.97 Å². The van der Waals surface area contributed by atoms with Gasteiger partial charge < -0.3 is 14.6 Å². The van der Waals surface area contributed by atoms with Crippen LogP contribution in [-0.4, -0.2) is 36.9 Å². The maximum atomic E-state index is 12.9. The first-order valence-corrected chi connectivity index (χ1v) is 11.1. The summed E-state index contributed by atoms with van der Waals surface area (Å²) in [6, 6.07) is 8.38. The van der Waals surface area contributed by atoms with Crippen molar-refractivity contribution in [2.45, 2.75) is 64.4 Å². The van der Waals surface area contributed by atoms with Crippen LogP contribution in [0.3, 0.4) is 0 Å². The number of nitrogens with zero attached hydrogens (tertiary/aromatic N) is 1. The van der Waals surface area contributed by atoms with Gasteiger partial charge in [-0.25, -0.2) is 4.79 Å². The second-order valence-electron chi connectivity index (χ2n) is 9.28. The Kier molecular flexibility index (Phi) is 5.72. The number of carbonyl (C=O) groups is 2. The molecule has 5 heteroatoms. The molecule has 2 aliphatic carbocycles. The molecule has 1 aromatic heterocycles. The van der Waals surface area contributed by atoms with Crippen LogP contribution in [-0.2, 0) is 11.2 Å². The molecule has 1 saturated carbocycles. The molecule has 1 fully saturated rings. The number of benzene rings is 1. The number of aromatic amines is 1. The highest BCUT2D eigenvalue weighted by atomic mass is 16.5. The molecular formula is C25H32N2O3. The van der Waals surface area contributed by atoms with Crippen LogP contribution in [0, 0.1) is 12.8 Å². The monoisotopic (exact) mass is 408 g/mol. The van der Waals surface area contributed by atoms with Crippen molar-refractivity contribution in [1.82, 2.24) is 4.98 Å². The third kappa shape index (κ3) is 4.03. The SMILES string of the molecule is Cc1c(C(=O)OC2CCC(C)CC2)[nH]c2c1C(=O)C[C@H](c1ccc(N(C)C)cc1)C2. The summed E-state index contributed by atoms with van der Waals surface area (Å²) in [5.41, 5.74) is 5.06. The summed E-state index contributed by atoms with van der Waals surface area (Å²) < 4.78 is 5.78. The molecule has 0 aliphatic heterocycles. The minimum Gasteiger partial charge on any atom is -0.458 e. The van der Waals surface area contributed by atoms with E-state index in [1.54, 1.807) is 0 Å². The van der Waals surface area contributed by atoms with E-state index in [1.807, 2.05) is 21.0 Å². The Morgan fingerprint density at radius 3 is 2.37 bits per heavy atom. The second-order valence-corrected chi connectivity index (χ2v) is 9.28. The number of esters is 1. The van der Waals surface area contributed by atoms with E-state index in [2.05, 4.69) is 41.1 Å². The summed E-state index contributed by atoms with van der Waals surface area (Å²) in [6.45, 7) is 4.11. The Balaban J connectivity index is 1.51. The van der Waals surface area contributed by atoms with E-state index >= 15 is 0 Å². The fraction of sp³-hybridized carbons (Fsp3) is 0.520. The van der Waals surface area contributed by atoms with Gasteiger partial charge in [-0.3, -0.25) is 4.79 Å². The fourth-order valence-electron chi connectivity index (χ4n) is 4.88. The first kappa shape index (κ1) is 20.7. The van der Waals surface area contributed by atoms with E-state index in [0.29, 0.717) is 23.6 Å². The first-order valence-electron chi connectivity index (χ1n) is 11.1. The van der Waals surface area contributed by atoms with Gasteiger partial charge in [0.1, 0.15) is 11.8 Å². The van der Waals surface area contributed by atoms with Gasteiger partial charge in [0.15, 0.2) is 5.78 Å². The number of carbonyl (C=O) groups excluding carboxylic acids is 2. The molecule has 0 unspecified atom stereocenters. The smallest absolute Gasteiger partial charge is 0.355 e. The third-order valence-electron chi connectivity index (χ3n) is 6.81. The summed E-state index contributed by atoms with van der Waals surface area (Å²) in [6.07, 6.45) is 5.26. The van der Waals surface area contributed by atoms with E-state index in [9.17, 15) is 9.59 Å². The van der Waals surface area contributed by atoms with Crippen LogP contribution in [0.4, 0.5) is 5.69 Å². The van der Waals surface area contributed by atoms with Gasteiger partial charge in [0.25, 0.3) is 0 Å². The third-order valence-corrected chi connectivity index (χ3v) is 6.81. The van der Waals surface area contributed by atoms with E-state index in [0.717, 1.165) is 54.6 Å². The highest BCUT2D eigenvalue weighted by Crippen LogP contribution is 2.36. The lowest BCUT2D eigenvalue weighted by Gasteiger charge is -2.25. The van der Waals surface area contributed by atoms with Crippen molar-refractivity contribution in [1.29, 1.82) is 0 Å². The van der Waals surface area contributed by atoms with Gasteiger partial charge in [0, 0.05) is 37.5 Å². The Bertz CT molecular complexity index is 934. The molecule has 0 spiro atoms. The number of nitrogens with one attached hydrogen (secondary N) is 1. The van der Waals surface area contributed by atoms with Crippen molar-refractivity contribution in [3.05, 3.63) is 52.3 Å². The van der Waals surface area contributed by atoms with Crippen LogP contribution in [0.25, 0.3) is 0 Å². The summed E-state index contributed by atoms with van der Waals surface area (Å²) in [7, 11) is 4.03. The van der Waals surface area contributed by atoms with Crippen LogP contribution in [0.1, 0.15) is 82.6 Å². The number of ketones is 1. The zero-order chi connectivity index (χ0) is 21.4. The number of anilines is 1. The van der Waals surface area contributed by atoms with Crippen molar-refractivity contribution in [2.75, 3.05) is 19.0 Å².